The van der Waals surface area contributed by atoms with Gasteiger partial charge in [0.2, 0.25) is 0 Å². The van der Waals surface area contributed by atoms with Crippen LogP contribution in [0.1, 0.15) is 51.2 Å². The van der Waals surface area contributed by atoms with Crippen LogP contribution in [-0.2, 0) is 32.0 Å². The van der Waals surface area contributed by atoms with Gasteiger partial charge in [0.25, 0.3) is 0 Å². The average molecular weight is 481 g/mol. The number of benzene rings is 2. The second kappa shape index (κ2) is 14.2. The minimum Gasteiger partial charge on any atom is -0.462 e. The molecular weight excluding hydrogens is 440 g/mol. The molecule has 5 heteroatoms. The van der Waals surface area contributed by atoms with Gasteiger partial charge in [0.15, 0.2) is 0 Å². The average Bonchev–Trinajstić information content (AvgIpc) is 2.86. The van der Waals surface area contributed by atoms with Crippen LogP contribution >= 0.6 is 0 Å². The maximum atomic E-state index is 11.7. The molecule has 1 saturated heterocycles. The Labute approximate surface area is 210 Å². The highest BCUT2D eigenvalue weighted by atomic mass is 16.5. The molecule has 0 aromatic heterocycles. The van der Waals surface area contributed by atoms with Crippen LogP contribution in [0.15, 0.2) is 72.8 Å². The van der Waals surface area contributed by atoms with E-state index in [-0.39, 0.29) is 36.1 Å². The minimum atomic E-state index is -0.398. The summed E-state index contributed by atoms with van der Waals surface area (Å²) in [4.78, 5) is 11.7. The summed E-state index contributed by atoms with van der Waals surface area (Å²) in [6, 6.07) is 20.4. The molecule has 1 fully saturated rings. The zero-order chi connectivity index (χ0) is 25.0. The minimum absolute atomic E-state index is 0.00290. The molecular formula is C30H40O5. The molecule has 35 heavy (non-hydrogen) atoms. The molecule has 0 unspecified atom stereocenters. The predicted molar refractivity (Wildman–Crippen MR) is 138 cm³/mol. The number of aryl methyl sites for hydroxylation is 1. The van der Waals surface area contributed by atoms with E-state index in [1.54, 1.807) is 0 Å². The maximum Gasteiger partial charge on any atom is 0.302 e. The molecule has 3 rings (SSSR count). The summed E-state index contributed by atoms with van der Waals surface area (Å²) >= 11 is 0. The van der Waals surface area contributed by atoms with Crippen LogP contribution in [0.3, 0.4) is 0 Å². The molecule has 0 radical (unpaired) electrons. The molecule has 2 aromatic rings. The highest BCUT2D eigenvalue weighted by Gasteiger charge is 2.33. The van der Waals surface area contributed by atoms with E-state index in [1.807, 2.05) is 68.5 Å². The van der Waals surface area contributed by atoms with Gasteiger partial charge in [0, 0.05) is 25.2 Å². The normalized spacial score (nSPS) is 24.2. The molecule has 1 N–H and O–H groups in total. The summed E-state index contributed by atoms with van der Waals surface area (Å²) in [5.74, 6) is -0.290. The Morgan fingerprint density at radius 2 is 1.77 bits per heavy atom. The molecule has 0 aliphatic carbocycles. The van der Waals surface area contributed by atoms with E-state index in [4.69, 9.17) is 14.2 Å². The zero-order valence-corrected chi connectivity index (χ0v) is 21.2. The third-order valence-electron chi connectivity index (χ3n) is 6.74. The molecule has 0 bridgehead atoms. The van der Waals surface area contributed by atoms with Gasteiger partial charge in [-0.3, -0.25) is 4.79 Å². The van der Waals surface area contributed by atoms with E-state index < -0.39 is 6.10 Å². The van der Waals surface area contributed by atoms with Crippen LogP contribution in [0, 0.1) is 11.8 Å². The first-order valence-corrected chi connectivity index (χ1v) is 12.8. The van der Waals surface area contributed by atoms with Gasteiger partial charge in [-0.15, -0.1) is 0 Å². The van der Waals surface area contributed by atoms with Crippen molar-refractivity contribution in [3.05, 3.63) is 83.9 Å². The Morgan fingerprint density at radius 1 is 1.11 bits per heavy atom. The maximum absolute atomic E-state index is 11.7. The fraction of sp³-hybridized carbons (Fsp3) is 0.500. The van der Waals surface area contributed by atoms with Gasteiger partial charge in [0.1, 0.15) is 6.10 Å². The molecule has 190 valence electrons. The Balaban J connectivity index is 1.52. The number of ether oxygens (including phenoxy) is 3. The molecule has 1 aliphatic heterocycles. The molecule has 0 spiro atoms. The second-order valence-electron chi connectivity index (χ2n) is 9.63. The highest BCUT2D eigenvalue weighted by molar-refractivity contribution is 5.66. The second-order valence-corrected chi connectivity index (χ2v) is 9.63. The fourth-order valence-electron chi connectivity index (χ4n) is 4.50. The topological polar surface area (TPSA) is 65.0 Å². The molecule has 2 aromatic carbocycles. The van der Waals surface area contributed by atoms with E-state index >= 15 is 0 Å². The summed E-state index contributed by atoms with van der Waals surface area (Å²) in [7, 11) is 0. The van der Waals surface area contributed by atoms with Gasteiger partial charge in [-0.1, -0.05) is 86.7 Å². The largest absolute Gasteiger partial charge is 0.462 e. The van der Waals surface area contributed by atoms with E-state index in [0.29, 0.717) is 26.1 Å². The number of rotatable bonds is 12. The monoisotopic (exact) mass is 480 g/mol. The van der Waals surface area contributed by atoms with Crippen molar-refractivity contribution in [1.82, 2.24) is 0 Å². The lowest BCUT2D eigenvalue weighted by Gasteiger charge is -2.37. The van der Waals surface area contributed by atoms with Gasteiger partial charge < -0.3 is 19.3 Å². The van der Waals surface area contributed by atoms with Crippen molar-refractivity contribution in [2.75, 3.05) is 6.61 Å². The third-order valence-corrected chi connectivity index (χ3v) is 6.74. The molecule has 5 nitrogen and oxygen atoms in total. The first kappa shape index (κ1) is 27.1. The fourth-order valence-corrected chi connectivity index (χ4v) is 4.50. The molecule has 0 amide bonds. The van der Waals surface area contributed by atoms with Gasteiger partial charge in [-0.05, 0) is 30.4 Å². The summed E-state index contributed by atoms with van der Waals surface area (Å²) in [6.45, 7) is 6.54. The van der Waals surface area contributed by atoms with Crippen molar-refractivity contribution in [1.29, 1.82) is 0 Å². The lowest BCUT2D eigenvalue weighted by Crippen LogP contribution is -2.42. The lowest BCUT2D eigenvalue weighted by molar-refractivity contribution is -0.149. The third kappa shape index (κ3) is 9.25. The molecule has 6 atom stereocenters. The smallest absolute Gasteiger partial charge is 0.302 e. The van der Waals surface area contributed by atoms with E-state index in [9.17, 15) is 9.90 Å². The quantitative estimate of drug-likeness (QED) is 0.247. The van der Waals surface area contributed by atoms with Crippen molar-refractivity contribution in [3.8, 4) is 0 Å². The van der Waals surface area contributed by atoms with E-state index in [0.717, 1.165) is 18.4 Å². The summed E-state index contributed by atoms with van der Waals surface area (Å²) < 4.78 is 17.8. The highest BCUT2D eigenvalue weighted by Crippen LogP contribution is 2.29. The van der Waals surface area contributed by atoms with Gasteiger partial charge >= 0.3 is 5.97 Å². The Kier molecular flexibility index (Phi) is 11.0. The number of esters is 1. The van der Waals surface area contributed by atoms with Crippen LogP contribution in [0.5, 0.6) is 0 Å². The molecule has 0 saturated carbocycles. The number of aliphatic hydroxyl groups excluding tert-OH is 1. The van der Waals surface area contributed by atoms with Crippen molar-refractivity contribution in [3.63, 3.8) is 0 Å². The van der Waals surface area contributed by atoms with Crippen LogP contribution < -0.4 is 0 Å². The first-order valence-electron chi connectivity index (χ1n) is 12.8. The van der Waals surface area contributed by atoms with Crippen LogP contribution in [0.2, 0.25) is 0 Å². The number of hydrogen-bond acceptors (Lipinski definition) is 5. The van der Waals surface area contributed by atoms with Crippen molar-refractivity contribution in [2.45, 2.75) is 77.5 Å². The summed E-state index contributed by atoms with van der Waals surface area (Å²) in [6.07, 6.45) is 6.33. The predicted octanol–water partition coefficient (Wildman–Crippen LogP) is 5.50. The van der Waals surface area contributed by atoms with Crippen molar-refractivity contribution in [2.24, 2.45) is 11.8 Å². The standard InChI is InChI=1S/C30H40O5/c1-22(29(34-24(3)31)18-19-33-21-26-12-8-5-9-13-26)14-17-30-23(2)28(32)20-27(35-30)16-15-25-10-6-4-7-11-25/h4-14,17,22-23,27-30,32H,15-16,18-21H2,1-3H3/b17-14+/t22-,23-,27-,28+,29+,30+/m1/s1. The first-order chi connectivity index (χ1) is 16.9. The number of aliphatic hydroxyl groups is 1. The molecule has 1 heterocycles. The molecule has 1 aliphatic rings. The summed E-state index contributed by atoms with van der Waals surface area (Å²) in [5, 5.41) is 10.6. The zero-order valence-electron chi connectivity index (χ0n) is 21.2. The van der Waals surface area contributed by atoms with Gasteiger partial charge in [-0.25, -0.2) is 0 Å². The Bertz CT molecular complexity index is 897. The van der Waals surface area contributed by atoms with Gasteiger partial charge in [-0.2, -0.15) is 0 Å². The van der Waals surface area contributed by atoms with Crippen LogP contribution in [0.4, 0.5) is 0 Å². The van der Waals surface area contributed by atoms with Crippen LogP contribution in [-0.4, -0.2) is 42.1 Å². The van der Waals surface area contributed by atoms with Crippen molar-refractivity contribution >= 4 is 5.97 Å². The number of carbonyl (C=O) groups excluding carboxylic acids is 1. The Hall–Kier alpha value is -2.47. The SMILES string of the molecule is CC(=O)O[C@@H](CCOCc1ccccc1)[C@H](C)/C=C/[C@@H]1O[C@H](CCc2ccccc2)C[C@H](O)[C@H]1C. The van der Waals surface area contributed by atoms with Crippen molar-refractivity contribution < 1.29 is 24.1 Å². The summed E-state index contributed by atoms with van der Waals surface area (Å²) in [5.41, 5.74) is 2.40. The number of carbonyl (C=O) groups is 1. The number of hydrogen-bond donors (Lipinski definition) is 1. The van der Waals surface area contributed by atoms with E-state index in [2.05, 4.69) is 18.2 Å². The Morgan fingerprint density at radius 3 is 2.43 bits per heavy atom. The van der Waals surface area contributed by atoms with E-state index in [1.165, 1.54) is 12.5 Å². The lowest BCUT2D eigenvalue weighted by atomic mass is 9.87. The van der Waals surface area contributed by atoms with Crippen LogP contribution in [0.25, 0.3) is 0 Å². The van der Waals surface area contributed by atoms with Gasteiger partial charge in [0.05, 0.1) is 31.5 Å².